The van der Waals surface area contributed by atoms with Crippen LogP contribution < -0.4 is 10.6 Å². The van der Waals surface area contributed by atoms with E-state index in [1.807, 2.05) is 18.4 Å². The Balaban J connectivity index is 0.00000288. The second-order valence-corrected chi connectivity index (χ2v) is 9.17. The molecule has 2 N–H and O–H groups in total. The first-order valence-corrected chi connectivity index (χ1v) is 11.4. The summed E-state index contributed by atoms with van der Waals surface area (Å²) in [6.07, 6.45) is 0. The van der Waals surface area contributed by atoms with Gasteiger partial charge in [0.15, 0.2) is 5.96 Å². The summed E-state index contributed by atoms with van der Waals surface area (Å²) in [6.45, 7) is 4.94. The highest BCUT2D eigenvalue weighted by Gasteiger charge is 2.23. The van der Waals surface area contributed by atoms with Gasteiger partial charge in [-0.05, 0) is 29.3 Å². The molecule has 24 heavy (non-hydrogen) atoms. The first kappa shape index (κ1) is 22.0. The standard InChI is InChI=1S/C14H24N4O2S3.HI/c1-2-15-14(17-11-13-3-7-22-12-13)16-4-10-23(19,20)18-5-8-21-9-6-18;/h3,7,12H,2,4-6,8-11H2,1H3,(H2,15,16,17);1H. The summed E-state index contributed by atoms with van der Waals surface area (Å²) in [6, 6.07) is 2.04. The monoisotopic (exact) mass is 504 g/mol. The van der Waals surface area contributed by atoms with Crippen molar-refractivity contribution in [1.29, 1.82) is 0 Å². The Hall–Kier alpha value is -0.0400. The highest BCUT2D eigenvalue weighted by atomic mass is 127. The number of hydrogen-bond acceptors (Lipinski definition) is 5. The fraction of sp³-hybridized carbons (Fsp3) is 0.643. The van der Waals surface area contributed by atoms with Gasteiger partial charge in [0.25, 0.3) is 0 Å². The average Bonchev–Trinajstić information content (AvgIpc) is 3.07. The number of nitrogens with zero attached hydrogens (tertiary/aromatic N) is 2. The van der Waals surface area contributed by atoms with Crippen molar-refractivity contribution >= 4 is 63.1 Å². The highest BCUT2D eigenvalue weighted by molar-refractivity contribution is 14.0. The van der Waals surface area contributed by atoms with Gasteiger partial charge in [-0.1, -0.05) is 0 Å². The minimum atomic E-state index is -3.18. The lowest BCUT2D eigenvalue weighted by molar-refractivity contribution is 0.443. The third-order valence-corrected chi connectivity index (χ3v) is 6.91. The van der Waals surface area contributed by atoms with Gasteiger partial charge in [-0.3, -0.25) is 0 Å². The lowest BCUT2D eigenvalue weighted by Gasteiger charge is -2.25. The van der Waals surface area contributed by atoms with E-state index in [-0.39, 0.29) is 29.7 Å². The van der Waals surface area contributed by atoms with Crippen molar-refractivity contribution in [3.05, 3.63) is 22.4 Å². The van der Waals surface area contributed by atoms with Crippen LogP contribution in [-0.2, 0) is 16.6 Å². The van der Waals surface area contributed by atoms with Gasteiger partial charge in [0.1, 0.15) is 0 Å². The van der Waals surface area contributed by atoms with Crippen LogP contribution in [0.25, 0.3) is 0 Å². The number of thiophene rings is 1. The van der Waals surface area contributed by atoms with E-state index in [4.69, 9.17) is 0 Å². The highest BCUT2D eigenvalue weighted by Crippen LogP contribution is 2.13. The molecular formula is C14H25IN4O2S3. The molecular weight excluding hydrogens is 479 g/mol. The Morgan fingerprint density at radius 2 is 2.08 bits per heavy atom. The van der Waals surface area contributed by atoms with E-state index in [2.05, 4.69) is 21.0 Å². The summed E-state index contributed by atoms with van der Waals surface area (Å²) < 4.78 is 26.2. The fourth-order valence-electron chi connectivity index (χ4n) is 2.15. The lowest BCUT2D eigenvalue weighted by Crippen LogP contribution is -2.44. The molecule has 0 bridgehead atoms. The molecule has 6 nitrogen and oxygen atoms in total. The Labute approximate surface area is 169 Å². The minimum Gasteiger partial charge on any atom is -0.357 e. The fourth-order valence-corrected chi connectivity index (χ4v) is 5.30. The molecule has 1 aliphatic heterocycles. The van der Waals surface area contributed by atoms with E-state index < -0.39 is 10.0 Å². The second kappa shape index (κ2) is 11.6. The molecule has 0 unspecified atom stereocenters. The third-order valence-electron chi connectivity index (χ3n) is 3.36. The van der Waals surface area contributed by atoms with Gasteiger partial charge in [0.2, 0.25) is 10.0 Å². The molecule has 2 rings (SSSR count). The Morgan fingerprint density at radius 3 is 2.71 bits per heavy atom. The lowest BCUT2D eigenvalue weighted by atomic mass is 10.3. The van der Waals surface area contributed by atoms with E-state index in [0.717, 1.165) is 23.6 Å². The summed E-state index contributed by atoms with van der Waals surface area (Å²) in [5, 5.41) is 10.3. The molecule has 138 valence electrons. The number of rotatable bonds is 7. The zero-order valence-electron chi connectivity index (χ0n) is 13.7. The van der Waals surface area contributed by atoms with Gasteiger partial charge in [0.05, 0.1) is 12.3 Å². The maximum absolute atomic E-state index is 12.3. The Kier molecular flexibility index (Phi) is 10.6. The number of sulfonamides is 1. The smallest absolute Gasteiger partial charge is 0.215 e. The van der Waals surface area contributed by atoms with E-state index in [9.17, 15) is 8.42 Å². The van der Waals surface area contributed by atoms with Crippen molar-refractivity contribution in [2.24, 2.45) is 4.99 Å². The van der Waals surface area contributed by atoms with Crippen LogP contribution in [0.15, 0.2) is 21.8 Å². The van der Waals surface area contributed by atoms with Gasteiger partial charge in [-0.25, -0.2) is 17.7 Å². The molecule has 1 saturated heterocycles. The van der Waals surface area contributed by atoms with Crippen LogP contribution >= 0.6 is 47.1 Å². The first-order chi connectivity index (χ1) is 11.1. The van der Waals surface area contributed by atoms with Crippen LogP contribution in [0.4, 0.5) is 0 Å². The normalized spacial score (nSPS) is 16.5. The summed E-state index contributed by atoms with van der Waals surface area (Å²) in [5.74, 6) is 2.53. The summed E-state index contributed by atoms with van der Waals surface area (Å²) in [5.41, 5.74) is 1.16. The van der Waals surface area contributed by atoms with Crippen LogP contribution in [0.3, 0.4) is 0 Å². The zero-order valence-corrected chi connectivity index (χ0v) is 18.5. The quantitative estimate of drug-likeness (QED) is 0.337. The Bertz CT molecular complexity index is 587. The van der Waals surface area contributed by atoms with Crippen molar-refractivity contribution in [3.63, 3.8) is 0 Å². The van der Waals surface area contributed by atoms with Gasteiger partial charge >= 0.3 is 0 Å². The summed E-state index contributed by atoms with van der Waals surface area (Å²) in [7, 11) is -3.18. The summed E-state index contributed by atoms with van der Waals surface area (Å²) in [4.78, 5) is 4.48. The molecule has 0 radical (unpaired) electrons. The van der Waals surface area contributed by atoms with E-state index >= 15 is 0 Å². The number of aliphatic imine (C=N–C) groups is 1. The van der Waals surface area contributed by atoms with Crippen LogP contribution in [-0.4, -0.2) is 62.1 Å². The van der Waals surface area contributed by atoms with Crippen molar-refractivity contribution < 1.29 is 8.42 Å². The van der Waals surface area contributed by atoms with Crippen LogP contribution in [0, 0.1) is 0 Å². The largest absolute Gasteiger partial charge is 0.357 e. The SMILES string of the molecule is CCNC(=NCc1ccsc1)NCCS(=O)(=O)N1CCSCC1.I. The maximum Gasteiger partial charge on any atom is 0.215 e. The summed E-state index contributed by atoms with van der Waals surface area (Å²) >= 11 is 3.45. The maximum atomic E-state index is 12.3. The number of hydrogen-bond donors (Lipinski definition) is 2. The molecule has 0 atom stereocenters. The zero-order chi connectivity index (χ0) is 16.5. The average molecular weight is 504 g/mol. The molecule has 2 heterocycles. The molecule has 0 aliphatic carbocycles. The molecule has 10 heteroatoms. The molecule has 0 spiro atoms. The van der Waals surface area contributed by atoms with Gasteiger partial charge in [0, 0.05) is 37.7 Å². The van der Waals surface area contributed by atoms with Crippen molar-refractivity contribution in [2.45, 2.75) is 13.5 Å². The first-order valence-electron chi connectivity index (χ1n) is 7.70. The van der Waals surface area contributed by atoms with Gasteiger partial charge in [-0.2, -0.15) is 23.1 Å². The third kappa shape index (κ3) is 7.46. The van der Waals surface area contributed by atoms with Crippen LogP contribution in [0.1, 0.15) is 12.5 Å². The van der Waals surface area contributed by atoms with Crippen molar-refractivity contribution in [3.8, 4) is 0 Å². The van der Waals surface area contributed by atoms with E-state index in [0.29, 0.717) is 32.1 Å². The molecule has 1 fully saturated rings. The molecule has 0 amide bonds. The number of nitrogens with one attached hydrogen (secondary N) is 2. The van der Waals surface area contributed by atoms with Crippen LogP contribution in [0.5, 0.6) is 0 Å². The predicted molar refractivity (Wildman–Crippen MR) is 115 cm³/mol. The molecule has 1 aliphatic rings. The van der Waals surface area contributed by atoms with E-state index in [1.165, 1.54) is 0 Å². The molecule has 0 aromatic carbocycles. The second-order valence-electron chi connectivity index (χ2n) is 5.08. The van der Waals surface area contributed by atoms with Crippen molar-refractivity contribution in [1.82, 2.24) is 14.9 Å². The number of guanidine groups is 1. The topological polar surface area (TPSA) is 73.8 Å². The Morgan fingerprint density at radius 1 is 1.33 bits per heavy atom. The number of thioether (sulfide) groups is 1. The minimum absolute atomic E-state index is 0. The molecule has 1 aromatic heterocycles. The van der Waals surface area contributed by atoms with E-state index in [1.54, 1.807) is 27.4 Å². The number of halogens is 1. The van der Waals surface area contributed by atoms with Crippen LogP contribution in [0.2, 0.25) is 0 Å². The van der Waals surface area contributed by atoms with Gasteiger partial charge in [-0.15, -0.1) is 24.0 Å². The van der Waals surface area contributed by atoms with Crippen molar-refractivity contribution in [2.75, 3.05) is 43.4 Å². The molecule has 1 aromatic rings. The molecule has 0 saturated carbocycles. The van der Waals surface area contributed by atoms with Gasteiger partial charge < -0.3 is 10.6 Å². The predicted octanol–water partition coefficient (Wildman–Crippen LogP) is 1.80.